The van der Waals surface area contributed by atoms with Crippen LogP contribution in [0.2, 0.25) is 0 Å². The van der Waals surface area contributed by atoms with Gasteiger partial charge in [0.05, 0.1) is 12.1 Å². The number of nitrogens with one attached hydrogen (secondary N) is 3. The Balaban J connectivity index is 1.46. The summed E-state index contributed by atoms with van der Waals surface area (Å²) < 4.78 is 2.33. The molecule has 0 aliphatic rings. The van der Waals surface area contributed by atoms with Gasteiger partial charge in [-0.05, 0) is 24.4 Å². The molecule has 0 spiro atoms. The van der Waals surface area contributed by atoms with Gasteiger partial charge in [0.2, 0.25) is 5.91 Å². The maximum Gasteiger partial charge on any atom is 0.251 e. The second-order valence-electron chi connectivity index (χ2n) is 5.74. The molecule has 0 unspecified atom stereocenters. The minimum absolute atomic E-state index is 0.168. The number of hydrogen-bond acceptors (Lipinski definition) is 6. The van der Waals surface area contributed by atoms with Gasteiger partial charge >= 0.3 is 0 Å². The van der Waals surface area contributed by atoms with Gasteiger partial charge in [0.15, 0.2) is 9.90 Å². The molecule has 2 aromatic heterocycles. The van der Waals surface area contributed by atoms with E-state index in [2.05, 4.69) is 25.8 Å². The summed E-state index contributed by atoms with van der Waals surface area (Å²) in [5, 5.41) is 14.7. The molecule has 2 amide bonds. The highest BCUT2D eigenvalue weighted by Gasteiger charge is 2.11. The summed E-state index contributed by atoms with van der Waals surface area (Å²) in [7, 11) is 1.83. The number of aromatic amines is 1. The Labute approximate surface area is 164 Å². The van der Waals surface area contributed by atoms with E-state index < -0.39 is 0 Å². The second kappa shape index (κ2) is 8.69. The number of aromatic nitrogens is 4. The van der Waals surface area contributed by atoms with Crippen molar-refractivity contribution < 1.29 is 9.59 Å². The third-order valence-electron chi connectivity index (χ3n) is 3.78. The number of benzene rings is 1. The largest absolute Gasteiger partial charge is 0.352 e. The van der Waals surface area contributed by atoms with Gasteiger partial charge in [-0.1, -0.05) is 18.2 Å². The first-order chi connectivity index (χ1) is 13.0. The first-order valence-electron chi connectivity index (χ1n) is 8.20. The molecule has 2 heterocycles. The fraction of sp³-hybridized carbons (Fsp3) is 0.235. The molecule has 10 heteroatoms. The maximum atomic E-state index is 12.0. The Morgan fingerprint density at radius 2 is 2.07 bits per heavy atom. The first-order valence-corrected chi connectivity index (χ1v) is 9.49. The van der Waals surface area contributed by atoms with E-state index in [1.54, 1.807) is 28.8 Å². The van der Waals surface area contributed by atoms with Crippen molar-refractivity contribution in [2.75, 3.05) is 11.9 Å². The summed E-state index contributed by atoms with van der Waals surface area (Å²) in [5.74, 6) is 0.363. The Hall–Kier alpha value is -2.85. The second-order valence-corrected chi connectivity index (χ2v) is 6.99. The van der Waals surface area contributed by atoms with Gasteiger partial charge in [0, 0.05) is 31.0 Å². The molecule has 140 valence electrons. The molecule has 0 aliphatic carbocycles. The molecular formula is C17H18N6O2S2. The lowest BCUT2D eigenvalue weighted by Crippen LogP contribution is -2.27. The van der Waals surface area contributed by atoms with E-state index in [-0.39, 0.29) is 24.8 Å². The zero-order chi connectivity index (χ0) is 19.2. The number of carbonyl (C=O) groups excluding carboxylic acids is 2. The lowest BCUT2D eigenvalue weighted by molar-refractivity contribution is -0.116. The third kappa shape index (κ3) is 5.08. The van der Waals surface area contributed by atoms with Gasteiger partial charge in [-0.2, -0.15) is 5.10 Å². The van der Waals surface area contributed by atoms with Gasteiger partial charge in [-0.25, -0.2) is 4.98 Å². The summed E-state index contributed by atoms with van der Waals surface area (Å²) in [6.07, 6.45) is 0.685. The molecular weight excluding hydrogens is 384 g/mol. The normalized spacial score (nSPS) is 10.6. The molecule has 0 fully saturated rings. The molecule has 1 aromatic carbocycles. The van der Waals surface area contributed by atoms with E-state index in [1.165, 1.54) is 11.3 Å². The topological polar surface area (TPSA) is 105 Å². The van der Waals surface area contributed by atoms with Crippen molar-refractivity contribution in [2.24, 2.45) is 7.05 Å². The van der Waals surface area contributed by atoms with E-state index >= 15 is 0 Å². The minimum Gasteiger partial charge on any atom is -0.352 e. The number of thiazole rings is 1. The van der Waals surface area contributed by atoms with E-state index in [0.717, 1.165) is 11.5 Å². The summed E-state index contributed by atoms with van der Waals surface area (Å²) in [6, 6.07) is 8.87. The average Bonchev–Trinajstić information content (AvgIpc) is 3.24. The van der Waals surface area contributed by atoms with Crippen LogP contribution in [0.15, 0.2) is 35.7 Å². The van der Waals surface area contributed by atoms with Crippen LogP contribution in [0.4, 0.5) is 5.13 Å². The quantitative estimate of drug-likeness (QED) is 0.526. The van der Waals surface area contributed by atoms with Crippen LogP contribution in [0, 0.1) is 4.77 Å². The lowest BCUT2D eigenvalue weighted by atomic mass is 10.2. The first kappa shape index (κ1) is 18.9. The highest BCUT2D eigenvalue weighted by atomic mass is 32.1. The van der Waals surface area contributed by atoms with Gasteiger partial charge in [0.1, 0.15) is 5.82 Å². The van der Waals surface area contributed by atoms with Crippen molar-refractivity contribution >= 4 is 40.5 Å². The van der Waals surface area contributed by atoms with Gasteiger partial charge < -0.3 is 15.2 Å². The molecule has 0 bridgehead atoms. The molecule has 3 rings (SSSR count). The van der Waals surface area contributed by atoms with Crippen molar-refractivity contribution in [1.82, 2.24) is 25.1 Å². The van der Waals surface area contributed by atoms with Crippen molar-refractivity contribution in [3.05, 3.63) is 57.6 Å². The smallest absolute Gasteiger partial charge is 0.251 e. The number of hydrogen-bond donors (Lipinski definition) is 3. The fourth-order valence-corrected chi connectivity index (χ4v) is 3.19. The maximum absolute atomic E-state index is 12.0. The van der Waals surface area contributed by atoms with E-state index in [4.69, 9.17) is 12.2 Å². The predicted molar refractivity (Wildman–Crippen MR) is 105 cm³/mol. The molecule has 0 saturated heterocycles. The number of nitrogens with zero attached hydrogens (tertiary/aromatic N) is 3. The zero-order valence-electron chi connectivity index (χ0n) is 14.6. The van der Waals surface area contributed by atoms with Gasteiger partial charge in [0.25, 0.3) is 5.91 Å². The molecule has 3 aromatic rings. The van der Waals surface area contributed by atoms with Crippen LogP contribution in [-0.2, 0) is 18.3 Å². The number of H-pyrrole nitrogens is 1. The van der Waals surface area contributed by atoms with Crippen LogP contribution in [0.1, 0.15) is 28.3 Å². The van der Waals surface area contributed by atoms with Crippen molar-refractivity contribution in [1.29, 1.82) is 0 Å². The molecule has 0 aliphatic heterocycles. The van der Waals surface area contributed by atoms with E-state index in [1.807, 2.05) is 18.5 Å². The zero-order valence-corrected chi connectivity index (χ0v) is 16.2. The molecule has 0 radical (unpaired) electrons. The number of amides is 2. The minimum atomic E-state index is -0.206. The highest BCUT2D eigenvalue weighted by Crippen LogP contribution is 2.17. The highest BCUT2D eigenvalue weighted by molar-refractivity contribution is 7.71. The van der Waals surface area contributed by atoms with Gasteiger partial charge in [-0.15, -0.1) is 11.3 Å². The summed E-state index contributed by atoms with van der Waals surface area (Å²) in [6.45, 7) is 0.252. The van der Waals surface area contributed by atoms with Crippen molar-refractivity contribution in [3.8, 4) is 0 Å². The van der Waals surface area contributed by atoms with Crippen LogP contribution in [0.5, 0.6) is 0 Å². The van der Waals surface area contributed by atoms with Crippen LogP contribution < -0.4 is 10.6 Å². The van der Waals surface area contributed by atoms with Crippen LogP contribution in [-0.4, -0.2) is 38.1 Å². The number of carbonyl (C=O) groups is 2. The Bertz CT molecular complexity index is 992. The Kier molecular flexibility index (Phi) is 6.09. The SMILES string of the molecule is Cn1c(Cc2csc(NC(=O)CCNC(=O)c3ccccc3)n2)n[nH]c1=S. The van der Waals surface area contributed by atoms with Crippen molar-refractivity contribution in [2.45, 2.75) is 12.8 Å². The molecule has 3 N–H and O–H groups in total. The number of anilines is 1. The summed E-state index contributed by atoms with van der Waals surface area (Å²) in [5.41, 5.74) is 1.36. The van der Waals surface area contributed by atoms with Crippen LogP contribution >= 0.6 is 23.6 Å². The summed E-state index contributed by atoms with van der Waals surface area (Å²) in [4.78, 5) is 28.3. The van der Waals surface area contributed by atoms with E-state index in [0.29, 0.717) is 21.9 Å². The standard InChI is InChI=1S/C17H18N6O2S2/c1-23-13(21-22-17(23)26)9-12-10-27-16(19-12)20-14(24)7-8-18-15(25)11-5-3-2-4-6-11/h2-6,10H,7-9H2,1H3,(H,18,25)(H,22,26)(H,19,20,24). The van der Waals surface area contributed by atoms with Crippen molar-refractivity contribution in [3.63, 3.8) is 0 Å². The number of rotatable bonds is 7. The predicted octanol–water partition coefficient (Wildman–Crippen LogP) is 2.28. The Morgan fingerprint density at radius 1 is 1.30 bits per heavy atom. The lowest BCUT2D eigenvalue weighted by Gasteiger charge is -2.05. The molecule has 8 nitrogen and oxygen atoms in total. The third-order valence-corrected chi connectivity index (χ3v) is 4.96. The Morgan fingerprint density at radius 3 is 2.78 bits per heavy atom. The van der Waals surface area contributed by atoms with E-state index in [9.17, 15) is 9.59 Å². The summed E-state index contributed by atoms with van der Waals surface area (Å²) >= 11 is 6.43. The van der Waals surface area contributed by atoms with Gasteiger partial charge in [-0.3, -0.25) is 14.7 Å². The van der Waals surface area contributed by atoms with Crippen LogP contribution in [0.25, 0.3) is 0 Å². The molecule has 27 heavy (non-hydrogen) atoms. The molecule has 0 saturated carbocycles. The van der Waals surface area contributed by atoms with Crippen LogP contribution in [0.3, 0.4) is 0 Å². The molecule has 0 atom stereocenters. The monoisotopic (exact) mass is 402 g/mol. The average molecular weight is 403 g/mol. The fourth-order valence-electron chi connectivity index (χ4n) is 2.31.